The first-order valence-electron chi connectivity index (χ1n) is 12.7. The minimum Gasteiger partial charge on any atom is -0.393 e. The Hall–Kier alpha value is -0.900. The first-order valence-corrected chi connectivity index (χ1v) is 12.7. The molecule has 2 bridgehead atoms. The van der Waals surface area contributed by atoms with Crippen LogP contribution in [-0.4, -0.2) is 22.4 Å². The average Bonchev–Trinajstić information content (AvgIpc) is 3.09. The summed E-state index contributed by atoms with van der Waals surface area (Å²) in [5, 5.41) is 10.4. The zero-order chi connectivity index (χ0) is 22.2. The molecule has 2 aliphatic heterocycles. The van der Waals surface area contributed by atoms with E-state index in [1.165, 1.54) is 18.4 Å². The molecule has 2 heterocycles. The number of hydrogen-bond donors (Lipinski definition) is 1. The average molecular weight is 427 g/mol. The van der Waals surface area contributed by atoms with Gasteiger partial charge in [0, 0.05) is 17.8 Å². The van der Waals surface area contributed by atoms with Gasteiger partial charge in [-0.3, -0.25) is 0 Å². The van der Waals surface area contributed by atoms with E-state index in [4.69, 9.17) is 9.78 Å². The van der Waals surface area contributed by atoms with E-state index in [2.05, 4.69) is 71.9 Å². The van der Waals surface area contributed by atoms with Crippen LogP contribution in [0.15, 0.2) is 36.0 Å². The first-order chi connectivity index (χ1) is 14.6. The van der Waals surface area contributed by atoms with Crippen LogP contribution < -0.4 is 0 Å². The van der Waals surface area contributed by atoms with Crippen LogP contribution in [0.25, 0.3) is 0 Å². The van der Waals surface area contributed by atoms with Gasteiger partial charge in [-0.1, -0.05) is 59.8 Å². The molecule has 2 saturated carbocycles. The van der Waals surface area contributed by atoms with Crippen LogP contribution in [0.5, 0.6) is 0 Å². The Labute approximate surface area is 188 Å². The molecule has 6 rings (SSSR count). The van der Waals surface area contributed by atoms with Crippen LogP contribution in [0.1, 0.15) is 80.1 Å². The first kappa shape index (κ1) is 21.9. The predicted octanol–water partition coefficient (Wildman–Crippen LogP) is 6.39. The minimum absolute atomic E-state index is 0.0726. The molecule has 172 valence electrons. The standard InChI is InChI=1S/C28H42O3/c1-18(2)19(3)7-8-20(4)22-9-10-23-25(22,5)13-12-24-26(6)14-11-21(29)17-27(26)15-16-28(23,24)31-30-27/h7-8,12,15-16,18-23,29H,9-11,13-14,17H2,1-6H3/t19-,20+,21?,22+,23+,25+,26+,27?,28+/m0/s1. The molecule has 0 aromatic heterocycles. The predicted molar refractivity (Wildman–Crippen MR) is 124 cm³/mol. The second-order valence-corrected chi connectivity index (χ2v) is 12.3. The molecule has 4 aliphatic carbocycles. The summed E-state index contributed by atoms with van der Waals surface area (Å²) in [6.07, 6.45) is 17.8. The van der Waals surface area contributed by atoms with Crippen molar-refractivity contribution in [2.75, 3.05) is 0 Å². The normalized spacial score (nSPS) is 50.2. The monoisotopic (exact) mass is 426 g/mol. The maximum Gasteiger partial charge on any atom is 0.147 e. The molecule has 0 aromatic rings. The van der Waals surface area contributed by atoms with E-state index in [0.717, 1.165) is 19.3 Å². The highest BCUT2D eigenvalue weighted by atomic mass is 17.2. The van der Waals surface area contributed by atoms with E-state index in [9.17, 15) is 5.11 Å². The third kappa shape index (κ3) is 2.82. The highest BCUT2D eigenvalue weighted by Crippen LogP contribution is 2.71. The summed E-state index contributed by atoms with van der Waals surface area (Å²) in [7, 11) is 0. The molecule has 1 N–H and O–H groups in total. The van der Waals surface area contributed by atoms with Crippen LogP contribution >= 0.6 is 0 Å². The molecule has 31 heavy (non-hydrogen) atoms. The number of fused-ring (bicyclic) bond motifs is 2. The SMILES string of the molecule is CC(C)[C@@H](C)C=C[C@@H](C)[C@H]1CC[C@@H]2[C@]1(C)CC=C1[C@@]23C=CC2(CC(O)CC[C@]12C)OO3. The van der Waals surface area contributed by atoms with Crippen molar-refractivity contribution in [2.45, 2.75) is 97.4 Å². The van der Waals surface area contributed by atoms with Crippen LogP contribution in [0, 0.1) is 40.4 Å². The molecule has 1 saturated heterocycles. The summed E-state index contributed by atoms with van der Waals surface area (Å²) >= 11 is 0. The van der Waals surface area contributed by atoms with E-state index >= 15 is 0 Å². The maximum absolute atomic E-state index is 10.4. The fourth-order valence-corrected chi connectivity index (χ4v) is 8.01. The minimum atomic E-state index is -0.507. The third-order valence-electron chi connectivity index (χ3n) is 10.5. The van der Waals surface area contributed by atoms with Gasteiger partial charge in [-0.25, -0.2) is 9.78 Å². The second-order valence-electron chi connectivity index (χ2n) is 12.3. The van der Waals surface area contributed by atoms with Crippen LogP contribution in [-0.2, 0) is 9.78 Å². The van der Waals surface area contributed by atoms with Crippen molar-refractivity contribution in [3.8, 4) is 0 Å². The number of rotatable bonds is 4. The molecule has 9 atom stereocenters. The smallest absolute Gasteiger partial charge is 0.147 e. The molecule has 0 aromatic carbocycles. The van der Waals surface area contributed by atoms with E-state index in [0.29, 0.717) is 36.0 Å². The van der Waals surface area contributed by atoms with Gasteiger partial charge in [0.05, 0.1) is 6.10 Å². The van der Waals surface area contributed by atoms with Gasteiger partial charge in [-0.15, -0.1) is 0 Å². The summed E-state index contributed by atoms with van der Waals surface area (Å²) in [5.41, 5.74) is 0.656. The summed E-state index contributed by atoms with van der Waals surface area (Å²) < 4.78 is 0. The number of aliphatic hydroxyl groups is 1. The third-order valence-corrected chi connectivity index (χ3v) is 10.5. The highest BCUT2D eigenvalue weighted by Gasteiger charge is 2.71. The number of allylic oxidation sites excluding steroid dienone is 3. The topological polar surface area (TPSA) is 38.7 Å². The van der Waals surface area contributed by atoms with Gasteiger partial charge in [0.15, 0.2) is 0 Å². The lowest BCUT2D eigenvalue weighted by Gasteiger charge is -2.66. The van der Waals surface area contributed by atoms with Crippen molar-refractivity contribution >= 4 is 0 Å². The van der Waals surface area contributed by atoms with E-state index in [-0.39, 0.29) is 16.9 Å². The fraction of sp³-hybridized carbons (Fsp3) is 0.786. The zero-order valence-corrected chi connectivity index (χ0v) is 20.4. The molecule has 2 unspecified atom stereocenters. The molecular formula is C28H42O3. The van der Waals surface area contributed by atoms with Gasteiger partial charge in [0.25, 0.3) is 0 Å². The molecule has 0 amide bonds. The molecule has 6 aliphatic rings. The Morgan fingerprint density at radius 2 is 1.81 bits per heavy atom. The van der Waals surface area contributed by atoms with Gasteiger partial charge in [-0.05, 0) is 78.9 Å². The Morgan fingerprint density at radius 1 is 1.03 bits per heavy atom. The van der Waals surface area contributed by atoms with Crippen molar-refractivity contribution in [1.29, 1.82) is 0 Å². The quantitative estimate of drug-likeness (QED) is 0.418. The van der Waals surface area contributed by atoms with E-state index < -0.39 is 11.2 Å². The summed E-state index contributed by atoms with van der Waals surface area (Å²) in [6, 6.07) is 0. The van der Waals surface area contributed by atoms with Crippen molar-refractivity contribution in [2.24, 2.45) is 40.4 Å². The maximum atomic E-state index is 10.4. The zero-order valence-electron chi connectivity index (χ0n) is 20.4. The van der Waals surface area contributed by atoms with Gasteiger partial charge >= 0.3 is 0 Å². The lowest BCUT2D eigenvalue weighted by atomic mass is 9.47. The van der Waals surface area contributed by atoms with E-state index in [1.807, 2.05) is 0 Å². The number of aliphatic hydroxyl groups excluding tert-OH is 1. The second kappa shape index (κ2) is 7.05. The molecule has 2 spiro atoms. The molecule has 0 radical (unpaired) electrons. The van der Waals surface area contributed by atoms with Crippen molar-refractivity contribution < 1.29 is 14.9 Å². The molecule has 3 fully saturated rings. The Bertz CT molecular complexity index is 826. The lowest BCUT2D eigenvalue weighted by molar-refractivity contribution is -0.455. The summed E-state index contributed by atoms with van der Waals surface area (Å²) in [4.78, 5) is 12.6. The summed E-state index contributed by atoms with van der Waals surface area (Å²) in [5.74, 6) is 2.98. The van der Waals surface area contributed by atoms with Gasteiger partial charge in [0.2, 0.25) is 0 Å². The van der Waals surface area contributed by atoms with Crippen LogP contribution in [0.3, 0.4) is 0 Å². The van der Waals surface area contributed by atoms with E-state index in [1.54, 1.807) is 0 Å². The lowest BCUT2D eigenvalue weighted by Crippen LogP contribution is -2.69. The Balaban J connectivity index is 1.48. The van der Waals surface area contributed by atoms with Crippen LogP contribution in [0.4, 0.5) is 0 Å². The summed E-state index contributed by atoms with van der Waals surface area (Å²) in [6.45, 7) is 14.2. The Kier molecular flexibility index (Phi) is 4.98. The molecule has 3 nitrogen and oxygen atoms in total. The van der Waals surface area contributed by atoms with Crippen LogP contribution in [0.2, 0.25) is 0 Å². The number of hydrogen-bond acceptors (Lipinski definition) is 3. The highest BCUT2D eigenvalue weighted by molar-refractivity contribution is 5.48. The van der Waals surface area contributed by atoms with Crippen molar-refractivity contribution in [1.82, 2.24) is 0 Å². The van der Waals surface area contributed by atoms with Crippen molar-refractivity contribution in [3.63, 3.8) is 0 Å². The molecular weight excluding hydrogens is 384 g/mol. The Morgan fingerprint density at radius 3 is 2.48 bits per heavy atom. The van der Waals surface area contributed by atoms with Gasteiger partial charge < -0.3 is 5.11 Å². The van der Waals surface area contributed by atoms with Gasteiger partial charge in [0.1, 0.15) is 11.2 Å². The fourth-order valence-electron chi connectivity index (χ4n) is 8.01. The van der Waals surface area contributed by atoms with Gasteiger partial charge in [-0.2, -0.15) is 0 Å². The molecule has 3 heteroatoms. The largest absolute Gasteiger partial charge is 0.393 e. The van der Waals surface area contributed by atoms with Crippen molar-refractivity contribution in [3.05, 3.63) is 36.0 Å².